The molecule has 0 aromatic heterocycles. The summed E-state index contributed by atoms with van der Waals surface area (Å²) in [5, 5.41) is 0. The van der Waals surface area contributed by atoms with Gasteiger partial charge in [-0.15, -0.1) is 0 Å². The topological polar surface area (TPSA) is 35.5 Å². The maximum atomic E-state index is 13.3. The van der Waals surface area contributed by atoms with Gasteiger partial charge in [-0.3, -0.25) is 4.79 Å². The molecule has 0 saturated heterocycles. The number of methoxy groups -OCH3 is 1. The molecule has 0 aliphatic heterocycles. The molecular weight excluding hydrogens is 187 g/mol. The Balaban J connectivity index is 3.04. The van der Waals surface area contributed by atoms with E-state index in [4.69, 9.17) is 4.74 Å². The smallest absolute Gasteiger partial charge is 0.188 e. The molecule has 0 bridgehead atoms. The van der Waals surface area contributed by atoms with Crippen molar-refractivity contribution in [3.05, 3.63) is 29.1 Å². The van der Waals surface area contributed by atoms with Crippen LogP contribution in [0.2, 0.25) is 0 Å². The van der Waals surface area contributed by atoms with Gasteiger partial charge in [0.1, 0.15) is 11.6 Å². The van der Waals surface area contributed by atoms with Crippen LogP contribution < -0.4 is 4.74 Å². The van der Waals surface area contributed by atoms with Crippen LogP contribution in [-0.4, -0.2) is 20.2 Å². The van der Waals surface area contributed by atoms with Gasteiger partial charge in [0.2, 0.25) is 0 Å². The van der Waals surface area contributed by atoms with Crippen molar-refractivity contribution < 1.29 is 18.7 Å². The quantitative estimate of drug-likeness (QED) is 0.547. The third kappa shape index (κ3) is 2.09. The van der Waals surface area contributed by atoms with E-state index in [0.717, 1.165) is 0 Å². The molecule has 0 aliphatic rings. The van der Waals surface area contributed by atoms with Gasteiger partial charge in [0.05, 0.1) is 5.56 Å². The molecule has 0 N–H and O–H groups in total. The third-order valence-corrected chi connectivity index (χ3v) is 1.78. The second-order valence-electron chi connectivity index (χ2n) is 2.78. The number of hydrogen-bond donors (Lipinski definition) is 0. The van der Waals surface area contributed by atoms with Gasteiger partial charge in [0.15, 0.2) is 13.1 Å². The Hall–Kier alpha value is -1.42. The van der Waals surface area contributed by atoms with Gasteiger partial charge in [0, 0.05) is 7.11 Å². The van der Waals surface area contributed by atoms with Gasteiger partial charge in [-0.05, 0) is 18.6 Å². The normalized spacial score (nSPS) is 9.93. The standard InChI is InChI=1S/C10H11FO3/c1-7-3-4-9(14-6-13-2)8(5-12)10(7)11/h3-5H,6H2,1-2H3. The lowest BCUT2D eigenvalue weighted by Gasteiger charge is -2.08. The fourth-order valence-corrected chi connectivity index (χ4v) is 1.04. The summed E-state index contributed by atoms with van der Waals surface area (Å²) < 4.78 is 23.0. The maximum Gasteiger partial charge on any atom is 0.188 e. The van der Waals surface area contributed by atoms with Crippen molar-refractivity contribution >= 4 is 6.29 Å². The van der Waals surface area contributed by atoms with Crippen LogP contribution in [0.15, 0.2) is 12.1 Å². The summed E-state index contributed by atoms with van der Waals surface area (Å²) in [6, 6.07) is 3.09. The van der Waals surface area contributed by atoms with Crippen LogP contribution in [0.4, 0.5) is 4.39 Å². The van der Waals surface area contributed by atoms with E-state index < -0.39 is 5.82 Å². The van der Waals surface area contributed by atoms with Gasteiger partial charge >= 0.3 is 0 Å². The number of carbonyl (C=O) groups excluding carboxylic acids is 1. The zero-order chi connectivity index (χ0) is 10.6. The van der Waals surface area contributed by atoms with E-state index in [-0.39, 0.29) is 18.1 Å². The second kappa shape index (κ2) is 4.72. The molecule has 14 heavy (non-hydrogen) atoms. The van der Waals surface area contributed by atoms with E-state index in [1.54, 1.807) is 19.1 Å². The molecule has 4 heteroatoms. The highest BCUT2D eigenvalue weighted by atomic mass is 19.1. The van der Waals surface area contributed by atoms with Crippen LogP contribution in [0.25, 0.3) is 0 Å². The summed E-state index contributed by atoms with van der Waals surface area (Å²) in [5.74, 6) is -0.349. The lowest BCUT2D eigenvalue weighted by molar-refractivity contribution is 0.0502. The van der Waals surface area contributed by atoms with Crippen LogP contribution in [0.1, 0.15) is 15.9 Å². The lowest BCUT2D eigenvalue weighted by atomic mass is 10.1. The first kappa shape index (κ1) is 10.7. The van der Waals surface area contributed by atoms with E-state index in [0.29, 0.717) is 11.8 Å². The summed E-state index contributed by atoms with van der Waals surface area (Å²) in [4.78, 5) is 10.6. The molecule has 1 aromatic rings. The van der Waals surface area contributed by atoms with E-state index >= 15 is 0 Å². The first-order valence-corrected chi connectivity index (χ1v) is 4.06. The van der Waals surface area contributed by atoms with Gasteiger partial charge in [-0.1, -0.05) is 6.07 Å². The summed E-state index contributed by atoms with van der Waals surface area (Å²) in [5.41, 5.74) is 0.346. The van der Waals surface area contributed by atoms with E-state index in [2.05, 4.69) is 4.74 Å². The zero-order valence-corrected chi connectivity index (χ0v) is 8.04. The Morgan fingerprint density at radius 3 is 2.79 bits per heavy atom. The highest BCUT2D eigenvalue weighted by Gasteiger charge is 2.11. The Kier molecular flexibility index (Phi) is 3.59. The summed E-state index contributed by atoms with van der Waals surface area (Å²) >= 11 is 0. The molecule has 76 valence electrons. The fourth-order valence-electron chi connectivity index (χ4n) is 1.04. The van der Waals surface area contributed by atoms with Gasteiger partial charge < -0.3 is 9.47 Å². The second-order valence-corrected chi connectivity index (χ2v) is 2.78. The van der Waals surface area contributed by atoms with Crippen molar-refractivity contribution in [2.45, 2.75) is 6.92 Å². The van der Waals surface area contributed by atoms with Crippen LogP contribution in [0.5, 0.6) is 5.75 Å². The number of benzene rings is 1. The average Bonchev–Trinajstić information content (AvgIpc) is 2.20. The van der Waals surface area contributed by atoms with E-state index in [1.165, 1.54) is 7.11 Å². The SMILES string of the molecule is COCOc1ccc(C)c(F)c1C=O. The van der Waals surface area contributed by atoms with Crippen LogP contribution in [0, 0.1) is 12.7 Å². The highest BCUT2D eigenvalue weighted by molar-refractivity contribution is 5.80. The highest BCUT2D eigenvalue weighted by Crippen LogP contribution is 2.22. The molecule has 0 atom stereocenters. The van der Waals surface area contributed by atoms with Crippen molar-refractivity contribution in [2.75, 3.05) is 13.9 Å². The molecule has 0 fully saturated rings. The number of carbonyl (C=O) groups is 1. The van der Waals surface area contributed by atoms with Crippen LogP contribution in [-0.2, 0) is 4.74 Å². The molecule has 0 saturated carbocycles. The minimum Gasteiger partial charge on any atom is -0.467 e. The van der Waals surface area contributed by atoms with E-state index in [1.807, 2.05) is 0 Å². The minimum atomic E-state index is -0.548. The molecule has 1 aromatic carbocycles. The number of ether oxygens (including phenoxy) is 2. The molecule has 0 unspecified atom stereocenters. The number of rotatable bonds is 4. The number of aldehydes is 1. The molecule has 0 amide bonds. The maximum absolute atomic E-state index is 13.3. The molecule has 3 nitrogen and oxygen atoms in total. The van der Waals surface area contributed by atoms with Gasteiger partial charge in [-0.25, -0.2) is 4.39 Å². The fraction of sp³-hybridized carbons (Fsp3) is 0.300. The van der Waals surface area contributed by atoms with Crippen molar-refractivity contribution in [1.82, 2.24) is 0 Å². The van der Waals surface area contributed by atoms with E-state index in [9.17, 15) is 9.18 Å². The van der Waals surface area contributed by atoms with Crippen LogP contribution >= 0.6 is 0 Å². The first-order valence-electron chi connectivity index (χ1n) is 4.06. The monoisotopic (exact) mass is 198 g/mol. The van der Waals surface area contributed by atoms with Gasteiger partial charge in [-0.2, -0.15) is 0 Å². The van der Waals surface area contributed by atoms with Crippen LogP contribution in [0.3, 0.4) is 0 Å². The Bertz CT molecular complexity index is 336. The zero-order valence-electron chi connectivity index (χ0n) is 8.04. The number of aryl methyl sites for hydroxylation is 1. The first-order chi connectivity index (χ1) is 6.70. The predicted octanol–water partition coefficient (Wildman–Crippen LogP) is 1.93. The van der Waals surface area contributed by atoms with Crippen molar-refractivity contribution in [3.8, 4) is 5.75 Å². The number of halogens is 1. The Morgan fingerprint density at radius 1 is 1.50 bits per heavy atom. The minimum absolute atomic E-state index is 0.0106. The summed E-state index contributed by atoms with van der Waals surface area (Å²) in [6.07, 6.45) is 0.438. The van der Waals surface area contributed by atoms with Gasteiger partial charge in [0.25, 0.3) is 0 Å². The number of hydrogen-bond acceptors (Lipinski definition) is 3. The third-order valence-electron chi connectivity index (χ3n) is 1.78. The molecule has 0 radical (unpaired) electrons. The average molecular weight is 198 g/mol. The Morgan fingerprint density at radius 2 is 2.21 bits per heavy atom. The van der Waals surface area contributed by atoms with Crippen molar-refractivity contribution in [3.63, 3.8) is 0 Å². The summed E-state index contributed by atoms with van der Waals surface area (Å²) in [7, 11) is 1.45. The molecule has 1 rings (SSSR count). The largest absolute Gasteiger partial charge is 0.467 e. The molecule has 0 aliphatic carbocycles. The summed E-state index contributed by atoms with van der Waals surface area (Å²) in [6.45, 7) is 1.58. The molecular formula is C10H11FO3. The molecule has 0 heterocycles. The van der Waals surface area contributed by atoms with Crippen molar-refractivity contribution in [1.29, 1.82) is 0 Å². The predicted molar refractivity (Wildman–Crippen MR) is 49.0 cm³/mol. The van der Waals surface area contributed by atoms with Crippen molar-refractivity contribution in [2.24, 2.45) is 0 Å². The lowest BCUT2D eigenvalue weighted by Crippen LogP contribution is -2.03. The molecule has 0 spiro atoms. The Labute approximate surface area is 81.4 Å².